The highest BCUT2D eigenvalue weighted by atomic mass is 16.4. The average molecular weight is 381 g/mol. The summed E-state index contributed by atoms with van der Waals surface area (Å²) in [6.45, 7) is 8.65. The predicted octanol–water partition coefficient (Wildman–Crippen LogP) is 5.18. The number of nitriles is 2. The summed E-state index contributed by atoms with van der Waals surface area (Å²) in [6, 6.07) is 5.07. The molecule has 8 atom stereocenters. The lowest BCUT2D eigenvalue weighted by atomic mass is 9.34. The van der Waals surface area contributed by atoms with Gasteiger partial charge in [-0.25, -0.2) is 0 Å². The van der Waals surface area contributed by atoms with E-state index in [1.54, 1.807) is 0 Å². The fourth-order valence-electron chi connectivity index (χ4n) is 8.23. The van der Waals surface area contributed by atoms with Crippen LogP contribution in [0.1, 0.15) is 66.2 Å². The molecule has 5 aliphatic rings. The molecule has 1 N–H and O–H groups in total. The Bertz CT molecular complexity index is 817. The lowest BCUT2D eigenvalue weighted by Crippen LogP contribution is -2.64. The van der Waals surface area contributed by atoms with E-state index in [1.807, 2.05) is 6.92 Å². The second kappa shape index (κ2) is 6.09. The van der Waals surface area contributed by atoms with E-state index >= 15 is 0 Å². The van der Waals surface area contributed by atoms with Crippen LogP contribution in [0.15, 0.2) is 11.6 Å². The number of rotatable bonds is 2. The fraction of sp³-hybridized carbons (Fsp3) is 0.792. The monoisotopic (exact) mass is 380 g/mol. The Labute approximate surface area is 168 Å². The molecule has 0 saturated heterocycles. The number of carbonyl (C=O) groups is 1. The summed E-state index contributed by atoms with van der Waals surface area (Å²) in [5.41, 5.74) is 0.363. The highest BCUT2D eigenvalue weighted by Gasteiger charge is 2.68. The van der Waals surface area contributed by atoms with Crippen LogP contribution in [0.2, 0.25) is 0 Å². The zero-order valence-corrected chi connectivity index (χ0v) is 17.5. The minimum Gasteiger partial charge on any atom is -0.481 e. The molecule has 4 nitrogen and oxygen atoms in total. The molecule has 5 rings (SSSR count). The summed E-state index contributed by atoms with van der Waals surface area (Å²) in [4.78, 5) is 12.2. The molecule has 3 fully saturated rings. The molecular formula is C24H32N2O2. The van der Waals surface area contributed by atoms with E-state index < -0.39 is 11.4 Å². The lowest BCUT2D eigenvalue weighted by molar-refractivity contribution is -0.188. The highest BCUT2D eigenvalue weighted by molar-refractivity contribution is 5.75. The number of hydrogen-bond acceptors (Lipinski definition) is 3. The first-order valence-electron chi connectivity index (χ1n) is 10.9. The number of carboxylic acids is 1. The fourth-order valence-corrected chi connectivity index (χ4v) is 8.23. The number of fused-ring (bicyclic) bond motifs is 2. The van der Waals surface area contributed by atoms with Gasteiger partial charge in [-0.3, -0.25) is 4.79 Å². The first-order chi connectivity index (χ1) is 13.2. The maximum absolute atomic E-state index is 12.2. The van der Waals surface area contributed by atoms with Gasteiger partial charge in [0.15, 0.2) is 0 Å². The molecule has 0 aliphatic heterocycles. The van der Waals surface area contributed by atoms with E-state index in [1.165, 1.54) is 5.57 Å². The Morgan fingerprint density at radius 2 is 1.89 bits per heavy atom. The Hall–Kier alpha value is -1.81. The van der Waals surface area contributed by atoms with Crippen LogP contribution in [0.3, 0.4) is 0 Å². The Morgan fingerprint density at radius 3 is 2.46 bits per heavy atom. The van der Waals surface area contributed by atoms with Gasteiger partial charge < -0.3 is 5.11 Å². The van der Waals surface area contributed by atoms with E-state index in [4.69, 9.17) is 0 Å². The SMILES string of the molecule is CC(C)C1=C[C@]23CC[C@H]4[C@](C)(CCC[C@@]4(C)C(=O)O)[C@@H]2C[C@@H]1[C@H](C#N)[C@@H]3C#N. The van der Waals surface area contributed by atoms with E-state index in [-0.39, 0.29) is 34.5 Å². The summed E-state index contributed by atoms with van der Waals surface area (Å²) < 4.78 is 0. The zero-order valence-electron chi connectivity index (χ0n) is 17.5. The molecule has 0 aromatic heterocycles. The van der Waals surface area contributed by atoms with Crippen molar-refractivity contribution in [2.45, 2.75) is 66.2 Å². The van der Waals surface area contributed by atoms with Gasteiger partial charge in [0.25, 0.3) is 0 Å². The van der Waals surface area contributed by atoms with Crippen LogP contribution in [0.4, 0.5) is 0 Å². The van der Waals surface area contributed by atoms with Gasteiger partial charge in [0.05, 0.1) is 29.4 Å². The molecular weight excluding hydrogens is 348 g/mol. The Morgan fingerprint density at radius 1 is 1.18 bits per heavy atom. The number of allylic oxidation sites excluding steroid dienone is 2. The van der Waals surface area contributed by atoms with Gasteiger partial charge >= 0.3 is 5.97 Å². The Kier molecular flexibility index (Phi) is 4.24. The summed E-state index contributed by atoms with van der Waals surface area (Å²) in [5, 5.41) is 30.1. The van der Waals surface area contributed by atoms with Gasteiger partial charge in [-0.2, -0.15) is 10.5 Å². The van der Waals surface area contributed by atoms with E-state index in [9.17, 15) is 20.4 Å². The molecule has 0 aromatic carbocycles. The van der Waals surface area contributed by atoms with Crippen molar-refractivity contribution in [3.63, 3.8) is 0 Å². The molecule has 3 saturated carbocycles. The van der Waals surface area contributed by atoms with Gasteiger partial charge in [0.1, 0.15) is 0 Å². The third-order valence-electron chi connectivity index (χ3n) is 9.46. The second-order valence-electron chi connectivity index (χ2n) is 10.7. The molecule has 4 heteroatoms. The smallest absolute Gasteiger partial charge is 0.309 e. The molecule has 2 bridgehead atoms. The van der Waals surface area contributed by atoms with Gasteiger partial charge in [0.2, 0.25) is 0 Å². The van der Waals surface area contributed by atoms with Gasteiger partial charge in [-0.05, 0) is 68.1 Å². The van der Waals surface area contributed by atoms with Gasteiger partial charge in [-0.15, -0.1) is 0 Å². The minimum absolute atomic E-state index is 0.0730. The van der Waals surface area contributed by atoms with E-state index in [2.05, 4.69) is 39.0 Å². The summed E-state index contributed by atoms with van der Waals surface area (Å²) in [6.07, 6.45) is 7.78. The molecule has 150 valence electrons. The van der Waals surface area contributed by atoms with Crippen molar-refractivity contribution in [3.05, 3.63) is 11.6 Å². The molecule has 5 aliphatic carbocycles. The summed E-state index contributed by atoms with van der Waals surface area (Å²) in [5.74, 6) is -0.158. The second-order valence-corrected chi connectivity index (χ2v) is 10.7. The molecule has 0 unspecified atom stereocenters. The van der Waals surface area contributed by atoms with Crippen molar-refractivity contribution in [2.24, 2.45) is 51.8 Å². The number of nitrogens with zero attached hydrogens (tertiary/aromatic N) is 2. The van der Waals surface area contributed by atoms with Crippen molar-refractivity contribution in [3.8, 4) is 12.1 Å². The van der Waals surface area contributed by atoms with E-state index in [0.29, 0.717) is 11.8 Å². The topological polar surface area (TPSA) is 84.9 Å². The third kappa shape index (κ3) is 2.18. The third-order valence-corrected chi connectivity index (χ3v) is 9.46. The van der Waals surface area contributed by atoms with Crippen LogP contribution in [-0.2, 0) is 4.79 Å². The highest BCUT2D eigenvalue weighted by Crippen LogP contribution is 2.73. The van der Waals surface area contributed by atoms with Gasteiger partial charge in [0, 0.05) is 5.41 Å². The van der Waals surface area contributed by atoms with Crippen LogP contribution in [0, 0.1) is 74.4 Å². The molecule has 0 amide bonds. The predicted molar refractivity (Wildman–Crippen MR) is 106 cm³/mol. The largest absolute Gasteiger partial charge is 0.481 e. The maximum atomic E-state index is 12.2. The summed E-state index contributed by atoms with van der Waals surface area (Å²) in [7, 11) is 0. The molecule has 0 heterocycles. The van der Waals surface area contributed by atoms with Crippen molar-refractivity contribution in [1.82, 2.24) is 0 Å². The van der Waals surface area contributed by atoms with Crippen molar-refractivity contribution < 1.29 is 9.90 Å². The number of aliphatic carboxylic acids is 1. The van der Waals surface area contributed by atoms with Crippen LogP contribution in [0.25, 0.3) is 0 Å². The lowest BCUT2D eigenvalue weighted by Gasteiger charge is -2.68. The average Bonchev–Trinajstić information content (AvgIpc) is 2.65. The molecule has 1 spiro atoms. The van der Waals surface area contributed by atoms with E-state index in [0.717, 1.165) is 38.5 Å². The van der Waals surface area contributed by atoms with Crippen LogP contribution in [0.5, 0.6) is 0 Å². The first-order valence-corrected chi connectivity index (χ1v) is 10.9. The number of hydrogen-bond donors (Lipinski definition) is 1. The molecule has 0 aromatic rings. The zero-order chi connectivity index (χ0) is 20.5. The normalized spacial score (nSPS) is 49.4. The standard InChI is InChI=1S/C24H32N2O2/c1-14(2)16-11-24-9-6-19-22(3,7-5-8-23(19,4)21(27)28)20(24)10-15(16)17(12-25)18(24)13-26/h11,14-15,17-20H,5-10H2,1-4H3,(H,27,28)/t15-,17-,18-,19-,20-,22-,23+,24-/m0/s1. The van der Waals surface area contributed by atoms with Crippen molar-refractivity contribution in [1.29, 1.82) is 10.5 Å². The first kappa shape index (κ1) is 19.5. The van der Waals surface area contributed by atoms with Crippen molar-refractivity contribution >= 4 is 5.97 Å². The maximum Gasteiger partial charge on any atom is 0.309 e. The van der Waals surface area contributed by atoms with Crippen LogP contribution >= 0.6 is 0 Å². The molecule has 0 radical (unpaired) electrons. The minimum atomic E-state index is -0.674. The van der Waals surface area contributed by atoms with Crippen molar-refractivity contribution in [2.75, 3.05) is 0 Å². The summed E-state index contributed by atoms with van der Waals surface area (Å²) >= 11 is 0. The van der Waals surface area contributed by atoms with Crippen LogP contribution < -0.4 is 0 Å². The Balaban J connectivity index is 1.86. The van der Waals surface area contributed by atoms with Gasteiger partial charge in [-0.1, -0.05) is 38.8 Å². The quantitative estimate of drug-likeness (QED) is 0.669. The molecule has 28 heavy (non-hydrogen) atoms. The van der Waals surface area contributed by atoms with Crippen LogP contribution in [-0.4, -0.2) is 11.1 Å². The number of carboxylic acid groups (broad SMARTS) is 1.